The van der Waals surface area contributed by atoms with Crippen LogP contribution in [0.1, 0.15) is 25.0 Å². The average Bonchev–Trinajstić information content (AvgIpc) is 1.62. The molecule has 0 nitrogen and oxygen atoms in total. The predicted octanol–water partition coefficient (Wildman–Crippen LogP) is 38.4. The van der Waals surface area contributed by atoms with Gasteiger partial charge in [0.25, 0.3) is 0 Å². The van der Waals surface area contributed by atoms with Gasteiger partial charge in [-0.3, -0.25) is 0 Å². The average molecular weight is 1740 g/mol. The summed E-state index contributed by atoms with van der Waals surface area (Å²) >= 11 is 0. The molecule has 0 bridgehead atoms. The molecule has 0 saturated carbocycles. The fraction of sp³-hybridized carbons (Fsp3) is 0.0219. The zero-order valence-electron chi connectivity index (χ0n) is 76.2. The summed E-state index contributed by atoms with van der Waals surface area (Å²) in [5.41, 5.74) is 32.9. The van der Waals surface area contributed by atoms with Crippen LogP contribution in [0.3, 0.4) is 0 Å². The summed E-state index contributed by atoms with van der Waals surface area (Å²) in [5.74, 6) is 0. The van der Waals surface area contributed by atoms with Gasteiger partial charge in [0, 0.05) is 5.41 Å². The maximum atomic E-state index is 2.45. The molecule has 0 spiro atoms. The Morgan fingerprint density at radius 1 is 0.109 bits per heavy atom. The number of benzene rings is 26. The van der Waals surface area contributed by atoms with E-state index in [4.69, 9.17) is 0 Å². The Morgan fingerprint density at radius 3 is 0.781 bits per heavy atom. The summed E-state index contributed by atoms with van der Waals surface area (Å²) in [5, 5.41) is 27.9. The van der Waals surface area contributed by atoms with Gasteiger partial charge in [0.1, 0.15) is 0 Å². The van der Waals surface area contributed by atoms with E-state index in [1.807, 2.05) is 0 Å². The van der Waals surface area contributed by atoms with E-state index < -0.39 is 0 Å². The third-order valence-electron chi connectivity index (χ3n) is 28.9. The molecular weight excluding hydrogens is 1650 g/mol. The van der Waals surface area contributed by atoms with Crippen LogP contribution in [-0.2, 0) is 5.41 Å². The molecule has 0 N–H and O–H groups in total. The molecule has 0 heterocycles. The van der Waals surface area contributed by atoms with Gasteiger partial charge in [0.05, 0.1) is 0 Å². The molecule has 0 radical (unpaired) electrons. The van der Waals surface area contributed by atoms with Crippen LogP contribution in [0.25, 0.3) is 252 Å². The predicted molar refractivity (Wildman–Crippen MR) is 589 cm³/mol. The van der Waals surface area contributed by atoms with Gasteiger partial charge < -0.3 is 0 Å². The highest BCUT2D eigenvalue weighted by Gasteiger charge is 2.36. The Morgan fingerprint density at radius 2 is 0.328 bits per heavy atom. The van der Waals surface area contributed by atoms with E-state index in [2.05, 4.69) is 536 Å². The molecule has 26 aromatic rings. The Bertz CT molecular complexity index is 9250. The summed E-state index contributed by atoms with van der Waals surface area (Å²) in [6, 6.07) is 192. The van der Waals surface area contributed by atoms with Crippen LogP contribution in [-0.4, -0.2) is 0 Å². The molecule has 1 aliphatic carbocycles. The lowest BCUT2D eigenvalue weighted by atomic mass is 9.81. The molecule has 0 amide bonds. The summed E-state index contributed by atoms with van der Waals surface area (Å²) in [4.78, 5) is 0. The van der Waals surface area contributed by atoms with E-state index in [9.17, 15) is 0 Å². The summed E-state index contributed by atoms with van der Waals surface area (Å²) in [6.07, 6.45) is 0. The van der Waals surface area contributed by atoms with Crippen LogP contribution in [0.2, 0.25) is 0 Å². The SMILES string of the molecule is CC1(C)c2ccccc2-c2ccc(-c3ccc4c(-c5ccc6ccccc6c5)c5ccccc5c(-c5ccc(-c6ccc7ccccc7c6)cc5)c4c3)cc21.c1ccc(-c2c3ccccc3c(-c3ccc4c(ccc5ccccc54)c3)c3ccc(-c4ccc5ccccc5c4)cc23)cc1.c1ccc(-c2ccc(-c3c4ccccc4c(-c4ccccc4)c4ccc(-c5ccccc5)cc34)cc2)cc1. The lowest BCUT2D eigenvalue weighted by Gasteiger charge is -2.22. The van der Waals surface area contributed by atoms with Crippen LogP contribution in [0, 0.1) is 0 Å². The number of fused-ring (bicyclic) bond motifs is 15. The minimum Gasteiger partial charge on any atom is -0.0622 e. The van der Waals surface area contributed by atoms with Crippen molar-refractivity contribution >= 4 is 118 Å². The molecule has 26 aromatic carbocycles. The Balaban J connectivity index is 0.000000111. The molecule has 0 heteroatoms. The van der Waals surface area contributed by atoms with Crippen LogP contribution < -0.4 is 0 Å². The first-order valence-electron chi connectivity index (χ1n) is 47.7. The molecule has 0 aromatic heterocycles. The molecule has 0 unspecified atom stereocenters. The van der Waals surface area contributed by atoms with Crippen LogP contribution in [0.4, 0.5) is 0 Å². The van der Waals surface area contributed by atoms with Crippen molar-refractivity contribution in [3.63, 3.8) is 0 Å². The minimum atomic E-state index is -0.0593. The maximum absolute atomic E-state index is 2.45. The second-order valence-corrected chi connectivity index (χ2v) is 37.1. The van der Waals surface area contributed by atoms with Gasteiger partial charge in [-0.15, -0.1) is 0 Å². The molecule has 0 saturated heterocycles. The lowest BCUT2D eigenvalue weighted by molar-refractivity contribution is 0.660. The number of hydrogen-bond acceptors (Lipinski definition) is 0. The van der Waals surface area contributed by atoms with E-state index in [1.54, 1.807) is 0 Å². The van der Waals surface area contributed by atoms with Gasteiger partial charge >= 0.3 is 0 Å². The van der Waals surface area contributed by atoms with Crippen LogP contribution in [0.15, 0.2) is 522 Å². The molecule has 1 aliphatic rings. The zero-order chi connectivity index (χ0) is 91.0. The monoisotopic (exact) mass is 1740 g/mol. The minimum absolute atomic E-state index is 0.0593. The van der Waals surface area contributed by atoms with Crippen molar-refractivity contribution in [2.24, 2.45) is 0 Å². The van der Waals surface area contributed by atoms with Gasteiger partial charge in [-0.2, -0.15) is 0 Å². The van der Waals surface area contributed by atoms with E-state index in [1.165, 1.54) is 263 Å². The Labute approximate surface area is 798 Å². The Kier molecular flexibility index (Phi) is 20.4. The maximum Gasteiger partial charge on any atom is 0.0159 e. The van der Waals surface area contributed by atoms with Crippen molar-refractivity contribution in [2.75, 3.05) is 0 Å². The number of hydrogen-bond donors (Lipinski definition) is 0. The topological polar surface area (TPSA) is 0 Å². The first-order chi connectivity index (χ1) is 67.7. The Hall–Kier alpha value is -17.4. The molecule has 27 rings (SSSR count). The van der Waals surface area contributed by atoms with Gasteiger partial charge in [-0.1, -0.05) is 487 Å². The van der Waals surface area contributed by atoms with Crippen molar-refractivity contribution in [3.8, 4) is 134 Å². The van der Waals surface area contributed by atoms with Crippen molar-refractivity contribution in [2.45, 2.75) is 19.3 Å². The quantitative estimate of drug-likeness (QED) is 0.0894. The highest BCUT2D eigenvalue weighted by atomic mass is 14.4. The summed E-state index contributed by atoms with van der Waals surface area (Å²) < 4.78 is 0. The van der Waals surface area contributed by atoms with E-state index in [0.29, 0.717) is 0 Å². The molecule has 0 atom stereocenters. The first-order valence-corrected chi connectivity index (χ1v) is 47.7. The van der Waals surface area contributed by atoms with Crippen molar-refractivity contribution < 1.29 is 0 Å². The van der Waals surface area contributed by atoms with Crippen molar-refractivity contribution in [1.82, 2.24) is 0 Å². The van der Waals surface area contributed by atoms with Crippen molar-refractivity contribution in [1.29, 1.82) is 0 Å². The van der Waals surface area contributed by atoms with Crippen LogP contribution in [0.5, 0.6) is 0 Å². The zero-order valence-corrected chi connectivity index (χ0v) is 76.2. The van der Waals surface area contributed by atoms with Crippen molar-refractivity contribution in [3.05, 3.63) is 533 Å². The fourth-order valence-corrected chi connectivity index (χ4v) is 22.2. The second-order valence-electron chi connectivity index (χ2n) is 37.1. The summed E-state index contributed by atoms with van der Waals surface area (Å²) in [7, 11) is 0. The molecule has 0 fully saturated rings. The molecule has 0 aliphatic heterocycles. The highest BCUT2D eigenvalue weighted by molar-refractivity contribution is 6.26. The number of rotatable bonds is 11. The fourth-order valence-electron chi connectivity index (χ4n) is 22.2. The van der Waals surface area contributed by atoms with Crippen LogP contribution >= 0.6 is 0 Å². The smallest absolute Gasteiger partial charge is 0.0159 e. The summed E-state index contributed by atoms with van der Waals surface area (Å²) in [6.45, 7) is 4.73. The first kappa shape index (κ1) is 81.6. The van der Waals surface area contributed by atoms with Gasteiger partial charge in [-0.25, -0.2) is 0 Å². The van der Waals surface area contributed by atoms with Gasteiger partial charge in [0.2, 0.25) is 0 Å². The standard InChI is InChI=1S/C55H38.C44H28.C38H26/c1-55(2)51-18-10-9-15-45(51)46-29-27-43(34-52(46)55)42-28-30-49-50(33-42)53(38-23-19-37(20-24-38)41-25-21-35-11-3-5-13-39(35)31-41)47-16-7-8-17-48(47)54(49)44-26-22-36-12-4-6-14-40(36)32-44;1-2-12-31(13-3-1)43-39-16-8-9-17-40(39)44(36-23-24-38-35(27-36)21-19-30-11-6-7-15-37(30)38)41-25-22-34(28-42(41)43)33-20-18-29-10-4-5-14-32(29)26-33;1-4-12-27(13-5-1)29-20-22-31(23-21-29)38-34-19-11-10-18-33(34)37(30-16-8-3-9-17-30)35-25-24-32(26-36(35)38)28-14-6-2-7-15-28/h3-34H,1-2H3;1-28H;1-26H. The highest BCUT2D eigenvalue weighted by Crippen LogP contribution is 2.54. The van der Waals surface area contributed by atoms with E-state index >= 15 is 0 Å². The second kappa shape index (κ2) is 34.3. The molecule has 640 valence electrons. The van der Waals surface area contributed by atoms with E-state index in [0.717, 1.165) is 0 Å². The normalized spacial score (nSPS) is 12.1. The van der Waals surface area contributed by atoms with E-state index in [-0.39, 0.29) is 5.41 Å². The lowest BCUT2D eigenvalue weighted by Crippen LogP contribution is -2.14. The van der Waals surface area contributed by atoms with Gasteiger partial charge in [-0.05, 0) is 312 Å². The van der Waals surface area contributed by atoms with Gasteiger partial charge in [0.15, 0.2) is 0 Å². The third kappa shape index (κ3) is 14.7. The molecular formula is C137H92. The largest absolute Gasteiger partial charge is 0.0622 e. The third-order valence-corrected chi connectivity index (χ3v) is 28.9. The molecule has 137 heavy (non-hydrogen) atoms.